The molecule has 1 aliphatic carbocycles. The minimum atomic E-state index is 0.841. The molecule has 3 rings (SSSR count). The van der Waals surface area contributed by atoms with Crippen LogP contribution in [0, 0.1) is 10.7 Å². The van der Waals surface area contributed by atoms with Gasteiger partial charge in [-0.15, -0.1) is 0 Å². The standard InChI is InChI=1S/C15H18N2S/c18-15-16-11-14(13-7-2-1-3-8-13)17(15)10-9-12-5-4-6-12/h1-3,7-8,11-12H,4-6,9-10H2,(H,16,18). The summed E-state index contributed by atoms with van der Waals surface area (Å²) in [5, 5.41) is 0. The van der Waals surface area contributed by atoms with Gasteiger partial charge in [-0.3, -0.25) is 0 Å². The van der Waals surface area contributed by atoms with Gasteiger partial charge < -0.3 is 9.55 Å². The first-order valence-electron chi connectivity index (χ1n) is 6.68. The van der Waals surface area contributed by atoms with Crippen LogP contribution in [-0.4, -0.2) is 9.55 Å². The fourth-order valence-electron chi connectivity index (χ4n) is 2.56. The fraction of sp³-hybridized carbons (Fsp3) is 0.400. The first-order chi connectivity index (χ1) is 8.84. The Morgan fingerprint density at radius 1 is 1.22 bits per heavy atom. The molecule has 0 radical (unpaired) electrons. The molecule has 1 fully saturated rings. The van der Waals surface area contributed by atoms with Crippen LogP contribution in [0.4, 0.5) is 0 Å². The third-order valence-electron chi connectivity index (χ3n) is 3.92. The van der Waals surface area contributed by atoms with Gasteiger partial charge in [-0.25, -0.2) is 0 Å². The molecule has 1 N–H and O–H groups in total. The summed E-state index contributed by atoms with van der Waals surface area (Å²) in [6.45, 7) is 1.04. The van der Waals surface area contributed by atoms with Crippen LogP contribution in [0.3, 0.4) is 0 Å². The number of benzene rings is 1. The maximum Gasteiger partial charge on any atom is 0.177 e. The molecule has 0 bridgehead atoms. The molecule has 1 saturated carbocycles. The Hall–Kier alpha value is -1.35. The Bertz CT molecular complexity index is 564. The number of aromatic nitrogens is 2. The van der Waals surface area contributed by atoms with E-state index < -0.39 is 0 Å². The SMILES string of the molecule is S=c1[nH]cc(-c2ccccc2)n1CCC1CCC1. The summed E-state index contributed by atoms with van der Waals surface area (Å²) in [5.41, 5.74) is 2.44. The summed E-state index contributed by atoms with van der Waals surface area (Å²) in [6, 6.07) is 10.5. The zero-order chi connectivity index (χ0) is 12.4. The van der Waals surface area contributed by atoms with Crippen molar-refractivity contribution in [1.82, 2.24) is 9.55 Å². The maximum atomic E-state index is 5.39. The van der Waals surface area contributed by atoms with Crippen molar-refractivity contribution in [3.8, 4) is 11.3 Å². The van der Waals surface area contributed by atoms with Crippen molar-refractivity contribution in [1.29, 1.82) is 0 Å². The second-order valence-corrected chi connectivity index (χ2v) is 5.47. The second-order valence-electron chi connectivity index (χ2n) is 5.08. The Kier molecular flexibility index (Phi) is 3.33. The van der Waals surface area contributed by atoms with Crippen LogP contribution in [0.25, 0.3) is 11.3 Å². The van der Waals surface area contributed by atoms with Crippen molar-refractivity contribution in [2.45, 2.75) is 32.2 Å². The molecule has 3 heteroatoms. The predicted octanol–water partition coefficient (Wildman–Crippen LogP) is 4.40. The molecule has 1 heterocycles. The van der Waals surface area contributed by atoms with E-state index in [0.29, 0.717) is 0 Å². The minimum absolute atomic E-state index is 0.841. The van der Waals surface area contributed by atoms with Gasteiger partial charge in [0.25, 0.3) is 0 Å². The van der Waals surface area contributed by atoms with Crippen molar-refractivity contribution < 1.29 is 0 Å². The number of nitrogens with zero attached hydrogens (tertiary/aromatic N) is 1. The van der Waals surface area contributed by atoms with Crippen LogP contribution in [0.1, 0.15) is 25.7 Å². The maximum absolute atomic E-state index is 5.39. The highest BCUT2D eigenvalue weighted by atomic mass is 32.1. The number of aromatic amines is 1. The summed E-state index contributed by atoms with van der Waals surface area (Å²) in [4.78, 5) is 3.17. The number of H-pyrrole nitrogens is 1. The normalized spacial score (nSPS) is 15.6. The molecule has 94 valence electrons. The summed E-state index contributed by atoms with van der Waals surface area (Å²) in [7, 11) is 0. The lowest BCUT2D eigenvalue weighted by Crippen LogP contribution is -2.14. The monoisotopic (exact) mass is 258 g/mol. The molecule has 0 unspecified atom stereocenters. The van der Waals surface area contributed by atoms with E-state index in [0.717, 1.165) is 17.2 Å². The average Bonchev–Trinajstić information content (AvgIpc) is 2.70. The van der Waals surface area contributed by atoms with E-state index in [9.17, 15) is 0 Å². The van der Waals surface area contributed by atoms with Gasteiger partial charge >= 0.3 is 0 Å². The lowest BCUT2D eigenvalue weighted by molar-refractivity contribution is 0.282. The smallest absolute Gasteiger partial charge is 0.177 e. The van der Waals surface area contributed by atoms with E-state index in [1.807, 2.05) is 12.3 Å². The van der Waals surface area contributed by atoms with E-state index in [1.54, 1.807) is 0 Å². The molecule has 18 heavy (non-hydrogen) atoms. The number of imidazole rings is 1. The number of rotatable bonds is 4. The van der Waals surface area contributed by atoms with Crippen LogP contribution in [0.2, 0.25) is 0 Å². The molecule has 1 aromatic carbocycles. The van der Waals surface area contributed by atoms with Gasteiger partial charge in [-0.1, -0.05) is 49.6 Å². The highest BCUT2D eigenvalue weighted by Gasteiger charge is 2.17. The van der Waals surface area contributed by atoms with Crippen LogP contribution in [-0.2, 0) is 6.54 Å². The quantitative estimate of drug-likeness (QED) is 0.806. The lowest BCUT2D eigenvalue weighted by atomic mass is 9.83. The molecular formula is C15H18N2S. The molecule has 2 nitrogen and oxygen atoms in total. The summed E-state index contributed by atoms with van der Waals surface area (Å²) >= 11 is 5.39. The fourth-order valence-corrected chi connectivity index (χ4v) is 2.81. The van der Waals surface area contributed by atoms with Gasteiger partial charge in [0.05, 0.1) is 5.69 Å². The van der Waals surface area contributed by atoms with Crippen LogP contribution < -0.4 is 0 Å². The van der Waals surface area contributed by atoms with Gasteiger partial charge in [-0.2, -0.15) is 0 Å². The van der Waals surface area contributed by atoms with Gasteiger partial charge in [0.1, 0.15) is 0 Å². The van der Waals surface area contributed by atoms with Crippen molar-refractivity contribution in [3.05, 3.63) is 41.3 Å². The molecular weight excluding hydrogens is 240 g/mol. The van der Waals surface area contributed by atoms with E-state index >= 15 is 0 Å². The molecule has 2 aromatic rings. The van der Waals surface area contributed by atoms with Crippen molar-refractivity contribution in [2.24, 2.45) is 5.92 Å². The third-order valence-corrected chi connectivity index (χ3v) is 4.26. The summed E-state index contributed by atoms with van der Waals surface area (Å²) in [5.74, 6) is 0.922. The van der Waals surface area contributed by atoms with Gasteiger partial charge in [0.2, 0.25) is 0 Å². The van der Waals surface area contributed by atoms with Gasteiger partial charge in [-0.05, 0) is 30.1 Å². The van der Waals surface area contributed by atoms with E-state index in [-0.39, 0.29) is 0 Å². The average molecular weight is 258 g/mol. The molecule has 1 aliphatic rings. The molecule has 0 amide bonds. The number of hydrogen-bond donors (Lipinski definition) is 1. The highest BCUT2D eigenvalue weighted by Crippen LogP contribution is 2.30. The molecule has 0 spiro atoms. The van der Waals surface area contributed by atoms with Crippen LogP contribution in [0.15, 0.2) is 36.5 Å². The van der Waals surface area contributed by atoms with Crippen LogP contribution in [0.5, 0.6) is 0 Å². The largest absolute Gasteiger partial charge is 0.337 e. The second kappa shape index (κ2) is 5.11. The Morgan fingerprint density at radius 3 is 2.67 bits per heavy atom. The summed E-state index contributed by atoms with van der Waals surface area (Å²) < 4.78 is 3.08. The zero-order valence-electron chi connectivity index (χ0n) is 10.4. The first kappa shape index (κ1) is 11.7. The summed E-state index contributed by atoms with van der Waals surface area (Å²) in [6.07, 6.45) is 7.50. The topological polar surface area (TPSA) is 20.7 Å². The molecule has 1 aromatic heterocycles. The molecule has 0 atom stereocenters. The molecule has 0 saturated heterocycles. The van der Waals surface area contributed by atoms with E-state index in [1.165, 1.54) is 36.9 Å². The van der Waals surface area contributed by atoms with Crippen molar-refractivity contribution in [3.63, 3.8) is 0 Å². The van der Waals surface area contributed by atoms with Gasteiger partial charge in [0, 0.05) is 12.7 Å². The minimum Gasteiger partial charge on any atom is -0.337 e. The number of hydrogen-bond acceptors (Lipinski definition) is 1. The molecule has 0 aliphatic heterocycles. The predicted molar refractivity (Wildman–Crippen MR) is 77.0 cm³/mol. The Labute approximate surface area is 113 Å². The van der Waals surface area contributed by atoms with E-state index in [2.05, 4.69) is 33.8 Å². The number of nitrogens with one attached hydrogen (secondary N) is 1. The highest BCUT2D eigenvalue weighted by molar-refractivity contribution is 7.71. The third kappa shape index (κ3) is 2.27. The van der Waals surface area contributed by atoms with Crippen molar-refractivity contribution >= 4 is 12.2 Å². The van der Waals surface area contributed by atoms with Gasteiger partial charge in [0.15, 0.2) is 4.77 Å². The lowest BCUT2D eigenvalue weighted by Gasteiger charge is -2.25. The van der Waals surface area contributed by atoms with E-state index in [4.69, 9.17) is 12.2 Å². The van der Waals surface area contributed by atoms with Crippen LogP contribution >= 0.6 is 12.2 Å². The Balaban J connectivity index is 1.84. The zero-order valence-corrected chi connectivity index (χ0v) is 11.2. The first-order valence-corrected chi connectivity index (χ1v) is 7.09. The Morgan fingerprint density at radius 2 is 2.00 bits per heavy atom. The van der Waals surface area contributed by atoms with Crippen molar-refractivity contribution in [2.75, 3.05) is 0 Å².